The van der Waals surface area contributed by atoms with Crippen LogP contribution in [0.3, 0.4) is 0 Å². The molecule has 7 nitrogen and oxygen atoms in total. The van der Waals surface area contributed by atoms with E-state index in [2.05, 4.69) is 24.8 Å². The third-order valence-electron chi connectivity index (χ3n) is 5.24. The van der Waals surface area contributed by atoms with Crippen molar-refractivity contribution in [2.75, 3.05) is 18.0 Å². The summed E-state index contributed by atoms with van der Waals surface area (Å²) in [5.41, 5.74) is 3.64. The molecule has 0 spiro atoms. The van der Waals surface area contributed by atoms with Crippen molar-refractivity contribution in [3.8, 4) is 0 Å². The third-order valence-corrected chi connectivity index (χ3v) is 5.88. The van der Waals surface area contributed by atoms with Crippen LogP contribution in [-0.2, 0) is 11.3 Å². The molecule has 0 radical (unpaired) electrons. The molecule has 1 amide bonds. The van der Waals surface area contributed by atoms with Crippen LogP contribution in [0.5, 0.6) is 0 Å². The van der Waals surface area contributed by atoms with Crippen LogP contribution in [0.1, 0.15) is 18.5 Å². The number of nitrogens with zero attached hydrogens (tertiary/aromatic N) is 5. The molecule has 3 aliphatic heterocycles. The van der Waals surface area contributed by atoms with Crippen LogP contribution in [-0.4, -0.2) is 49.9 Å². The first kappa shape index (κ1) is 14.8. The number of carbonyl (C=O) groups is 1. The summed E-state index contributed by atoms with van der Waals surface area (Å²) in [6.07, 6.45) is 5.47. The number of hydrogen-bond donors (Lipinski definition) is 1. The molecule has 0 saturated carbocycles. The quantitative estimate of drug-likeness (QED) is 0.779. The van der Waals surface area contributed by atoms with Crippen molar-refractivity contribution < 1.29 is 4.79 Å². The van der Waals surface area contributed by atoms with Crippen LogP contribution < -0.4 is 4.90 Å². The molecule has 8 heteroatoms. The Balaban J connectivity index is 1.48. The van der Waals surface area contributed by atoms with Gasteiger partial charge < -0.3 is 14.8 Å². The van der Waals surface area contributed by atoms with Crippen LogP contribution >= 0.6 is 11.3 Å². The minimum atomic E-state index is 0.0290. The van der Waals surface area contributed by atoms with E-state index >= 15 is 0 Å². The maximum Gasteiger partial charge on any atom is 0.228 e. The monoisotopic (exact) mass is 354 g/mol. The number of thiazole rings is 1. The molecular formula is C17H18N6OS. The molecule has 6 heterocycles. The van der Waals surface area contributed by atoms with Crippen molar-refractivity contribution in [3.05, 3.63) is 35.2 Å². The smallest absolute Gasteiger partial charge is 0.228 e. The van der Waals surface area contributed by atoms with Crippen molar-refractivity contribution >= 4 is 34.1 Å². The molecule has 3 aromatic rings. The van der Waals surface area contributed by atoms with E-state index in [1.54, 1.807) is 17.7 Å². The summed E-state index contributed by atoms with van der Waals surface area (Å²) in [5, 5.41) is 3.04. The topological polar surface area (TPSA) is 78.0 Å². The summed E-state index contributed by atoms with van der Waals surface area (Å²) in [6, 6.07) is 2.21. The molecular weight excluding hydrogens is 336 g/mol. The van der Waals surface area contributed by atoms with Gasteiger partial charge in [-0.2, -0.15) is 0 Å². The van der Waals surface area contributed by atoms with Crippen LogP contribution in [0.4, 0.5) is 5.82 Å². The predicted octanol–water partition coefficient (Wildman–Crippen LogP) is 2.04. The number of anilines is 1. The fourth-order valence-corrected chi connectivity index (χ4v) is 4.57. The fraction of sp³-hybridized carbons (Fsp3) is 0.412. The number of rotatable bonds is 3. The SMILES string of the molecule is O=C1[C@H]2CC[C@H](CN(c3ncnc4[nH]ccc34)C2)N1Cc1cscn1. The molecule has 128 valence electrons. The van der Waals surface area contributed by atoms with E-state index in [4.69, 9.17) is 0 Å². The Labute approximate surface area is 148 Å². The molecule has 0 aliphatic carbocycles. The Bertz CT molecular complexity index is 907. The molecule has 2 atom stereocenters. The van der Waals surface area contributed by atoms with Crippen molar-refractivity contribution in [1.29, 1.82) is 0 Å². The molecule has 3 fully saturated rings. The van der Waals surface area contributed by atoms with Gasteiger partial charge in [-0.3, -0.25) is 4.79 Å². The van der Waals surface area contributed by atoms with E-state index in [-0.39, 0.29) is 17.9 Å². The second-order valence-corrected chi connectivity index (χ2v) is 7.43. The first-order chi connectivity index (χ1) is 12.3. The number of aromatic nitrogens is 4. The van der Waals surface area contributed by atoms with Crippen LogP contribution in [0.2, 0.25) is 0 Å². The van der Waals surface area contributed by atoms with Crippen LogP contribution in [0.25, 0.3) is 11.0 Å². The van der Waals surface area contributed by atoms with Gasteiger partial charge in [-0.05, 0) is 18.9 Å². The van der Waals surface area contributed by atoms with Gasteiger partial charge in [-0.25, -0.2) is 15.0 Å². The summed E-state index contributed by atoms with van der Waals surface area (Å²) in [5.74, 6) is 1.21. The Kier molecular flexibility index (Phi) is 3.44. The van der Waals surface area contributed by atoms with Crippen molar-refractivity contribution in [1.82, 2.24) is 24.8 Å². The van der Waals surface area contributed by atoms with E-state index < -0.39 is 0 Å². The Morgan fingerprint density at radius 1 is 1.24 bits per heavy atom. The maximum absolute atomic E-state index is 13.0. The van der Waals surface area contributed by atoms with Crippen LogP contribution in [0, 0.1) is 5.92 Å². The van der Waals surface area contributed by atoms with E-state index in [0.717, 1.165) is 48.5 Å². The number of hydrogen-bond acceptors (Lipinski definition) is 6. The standard InChI is InChI=1S/C17H18N6OS/c24-17-11-1-2-13(23(17)6-12-8-25-10-21-12)7-22(5-11)16-14-3-4-18-15(14)19-9-20-16/h3-4,8-11,13H,1-2,5-7H2,(H,18,19,20)/t11-,13+/m0/s1. The van der Waals surface area contributed by atoms with Gasteiger partial charge in [-0.1, -0.05) is 0 Å². The van der Waals surface area contributed by atoms with E-state index in [1.807, 2.05) is 28.1 Å². The minimum Gasteiger partial charge on any atom is -0.353 e. The summed E-state index contributed by atoms with van der Waals surface area (Å²) in [7, 11) is 0. The summed E-state index contributed by atoms with van der Waals surface area (Å²) < 4.78 is 0. The van der Waals surface area contributed by atoms with E-state index in [1.165, 1.54) is 0 Å². The van der Waals surface area contributed by atoms with Crippen molar-refractivity contribution in [2.24, 2.45) is 5.92 Å². The predicted molar refractivity (Wildman–Crippen MR) is 95.3 cm³/mol. The lowest BCUT2D eigenvalue weighted by atomic mass is 9.94. The third kappa shape index (κ3) is 2.48. The second kappa shape index (κ2) is 5.80. The van der Waals surface area contributed by atoms with Gasteiger partial charge in [0.1, 0.15) is 17.8 Å². The summed E-state index contributed by atoms with van der Waals surface area (Å²) in [4.78, 5) is 33.5. The van der Waals surface area contributed by atoms with Gasteiger partial charge >= 0.3 is 0 Å². The highest BCUT2D eigenvalue weighted by atomic mass is 32.1. The van der Waals surface area contributed by atoms with Crippen molar-refractivity contribution in [2.45, 2.75) is 25.4 Å². The summed E-state index contributed by atoms with van der Waals surface area (Å²) in [6.45, 7) is 2.14. The average molecular weight is 354 g/mol. The highest BCUT2D eigenvalue weighted by Crippen LogP contribution is 2.33. The molecule has 2 bridgehead atoms. The molecule has 6 rings (SSSR count). The first-order valence-electron chi connectivity index (χ1n) is 8.50. The number of aromatic amines is 1. The lowest BCUT2D eigenvalue weighted by Gasteiger charge is -2.35. The normalized spacial score (nSPS) is 23.4. The molecule has 1 N–H and O–H groups in total. The molecule has 0 unspecified atom stereocenters. The van der Waals surface area contributed by atoms with Gasteiger partial charge in [0.05, 0.1) is 29.1 Å². The molecule has 25 heavy (non-hydrogen) atoms. The van der Waals surface area contributed by atoms with Gasteiger partial charge in [0, 0.05) is 30.7 Å². The zero-order valence-electron chi connectivity index (χ0n) is 13.6. The van der Waals surface area contributed by atoms with E-state index in [0.29, 0.717) is 6.54 Å². The lowest BCUT2D eigenvalue weighted by Crippen LogP contribution is -2.47. The number of carbonyl (C=O) groups excluding carboxylic acids is 1. The Morgan fingerprint density at radius 3 is 3.08 bits per heavy atom. The molecule has 0 aromatic carbocycles. The number of fused-ring (bicyclic) bond motifs is 5. The van der Waals surface area contributed by atoms with E-state index in [9.17, 15) is 4.79 Å². The summed E-state index contributed by atoms with van der Waals surface area (Å²) >= 11 is 1.57. The average Bonchev–Trinajstić information content (AvgIpc) is 3.24. The second-order valence-electron chi connectivity index (χ2n) is 6.72. The Hall–Kier alpha value is -2.48. The lowest BCUT2D eigenvalue weighted by molar-refractivity contribution is -0.140. The maximum atomic E-state index is 13.0. The van der Waals surface area contributed by atoms with Gasteiger partial charge in [0.2, 0.25) is 5.91 Å². The number of piperidine rings is 1. The first-order valence-corrected chi connectivity index (χ1v) is 9.44. The molecule has 3 saturated heterocycles. The van der Waals surface area contributed by atoms with Gasteiger partial charge in [-0.15, -0.1) is 11.3 Å². The number of nitrogens with one attached hydrogen (secondary N) is 1. The van der Waals surface area contributed by atoms with Gasteiger partial charge in [0.25, 0.3) is 0 Å². The largest absolute Gasteiger partial charge is 0.353 e. The Morgan fingerprint density at radius 2 is 2.20 bits per heavy atom. The highest BCUT2D eigenvalue weighted by Gasteiger charge is 2.41. The fourth-order valence-electron chi connectivity index (χ4n) is 4.02. The molecule has 3 aliphatic rings. The number of amides is 1. The minimum absolute atomic E-state index is 0.0290. The van der Waals surface area contributed by atoms with Crippen LogP contribution in [0.15, 0.2) is 29.5 Å². The molecule has 3 aromatic heterocycles. The number of H-pyrrole nitrogens is 1. The zero-order chi connectivity index (χ0) is 16.8. The van der Waals surface area contributed by atoms with Crippen molar-refractivity contribution in [3.63, 3.8) is 0 Å². The zero-order valence-corrected chi connectivity index (χ0v) is 14.4. The highest BCUT2D eigenvalue weighted by molar-refractivity contribution is 7.07. The van der Waals surface area contributed by atoms with Gasteiger partial charge in [0.15, 0.2) is 0 Å².